The molecule has 0 amide bonds. The summed E-state index contributed by atoms with van der Waals surface area (Å²) in [6.07, 6.45) is 7.73. The fourth-order valence-electron chi connectivity index (χ4n) is 3.80. The lowest BCUT2D eigenvalue weighted by atomic mass is 9.97. The number of hydrogen-bond acceptors (Lipinski definition) is 7. The zero-order chi connectivity index (χ0) is 21.3. The standard InChI is InChI=1S/C22H30N4O2S2/c1-5-6-7-8-12-26-19(27)17-14-10-9-11-15(14)30-18(17)23-21(26)29-13-16-24-25-20(28-16)22(2,3)4/h5-13H2,1-4H3. The molecule has 0 N–H and O–H groups in total. The third-order valence-electron chi connectivity index (χ3n) is 5.46. The van der Waals surface area contributed by atoms with Gasteiger partial charge < -0.3 is 4.42 Å². The fraction of sp³-hybridized carbons (Fsp3) is 0.636. The third-order valence-corrected chi connectivity index (χ3v) is 7.61. The summed E-state index contributed by atoms with van der Waals surface area (Å²) in [5.41, 5.74) is 1.20. The van der Waals surface area contributed by atoms with E-state index in [1.165, 1.54) is 35.0 Å². The molecule has 162 valence electrons. The highest BCUT2D eigenvalue weighted by molar-refractivity contribution is 7.98. The molecular formula is C22H30N4O2S2. The lowest BCUT2D eigenvalue weighted by Gasteiger charge is -2.12. The summed E-state index contributed by atoms with van der Waals surface area (Å²) < 4.78 is 7.72. The highest BCUT2D eigenvalue weighted by Crippen LogP contribution is 2.36. The van der Waals surface area contributed by atoms with Gasteiger partial charge in [0.15, 0.2) is 5.16 Å². The van der Waals surface area contributed by atoms with E-state index in [0.29, 0.717) is 24.1 Å². The van der Waals surface area contributed by atoms with Gasteiger partial charge in [-0.05, 0) is 31.2 Å². The fourth-order valence-corrected chi connectivity index (χ4v) is 5.97. The monoisotopic (exact) mass is 446 g/mol. The van der Waals surface area contributed by atoms with E-state index in [1.54, 1.807) is 11.3 Å². The first-order valence-corrected chi connectivity index (χ1v) is 12.7. The van der Waals surface area contributed by atoms with Crippen molar-refractivity contribution in [2.45, 2.75) is 95.5 Å². The summed E-state index contributed by atoms with van der Waals surface area (Å²) in [4.78, 5) is 20.6. The normalized spacial score (nSPS) is 14.0. The molecule has 3 heterocycles. The van der Waals surface area contributed by atoms with Crippen LogP contribution >= 0.6 is 23.1 Å². The van der Waals surface area contributed by atoms with Crippen LogP contribution in [0.5, 0.6) is 0 Å². The topological polar surface area (TPSA) is 73.8 Å². The molecule has 0 radical (unpaired) electrons. The van der Waals surface area contributed by atoms with E-state index in [1.807, 2.05) is 4.57 Å². The van der Waals surface area contributed by atoms with E-state index < -0.39 is 0 Å². The number of aryl methyl sites for hydroxylation is 2. The van der Waals surface area contributed by atoms with Crippen LogP contribution < -0.4 is 5.56 Å². The van der Waals surface area contributed by atoms with Crippen molar-refractivity contribution < 1.29 is 4.42 Å². The zero-order valence-electron chi connectivity index (χ0n) is 18.3. The number of fused-ring (bicyclic) bond motifs is 3. The number of aromatic nitrogens is 4. The van der Waals surface area contributed by atoms with Crippen LogP contribution in [0, 0.1) is 0 Å². The molecule has 3 aromatic rings. The highest BCUT2D eigenvalue weighted by atomic mass is 32.2. The molecule has 4 rings (SSSR count). The molecule has 30 heavy (non-hydrogen) atoms. The van der Waals surface area contributed by atoms with Crippen molar-refractivity contribution in [1.29, 1.82) is 0 Å². The Kier molecular flexibility index (Phi) is 6.34. The van der Waals surface area contributed by atoms with Gasteiger partial charge in [0, 0.05) is 16.8 Å². The minimum Gasteiger partial charge on any atom is -0.424 e. The number of thioether (sulfide) groups is 1. The van der Waals surface area contributed by atoms with Crippen LogP contribution in [-0.4, -0.2) is 19.7 Å². The number of hydrogen-bond donors (Lipinski definition) is 0. The molecule has 0 spiro atoms. The van der Waals surface area contributed by atoms with Crippen molar-refractivity contribution in [3.8, 4) is 0 Å². The number of unbranched alkanes of at least 4 members (excludes halogenated alkanes) is 3. The molecule has 6 nitrogen and oxygen atoms in total. The van der Waals surface area contributed by atoms with Crippen molar-refractivity contribution in [2.75, 3.05) is 0 Å². The Morgan fingerprint density at radius 1 is 1.17 bits per heavy atom. The Bertz CT molecular complexity index is 1090. The van der Waals surface area contributed by atoms with Gasteiger partial charge in [0.2, 0.25) is 11.8 Å². The second-order valence-electron chi connectivity index (χ2n) is 8.99. The van der Waals surface area contributed by atoms with E-state index in [9.17, 15) is 4.79 Å². The van der Waals surface area contributed by atoms with E-state index in [0.717, 1.165) is 47.5 Å². The second-order valence-corrected chi connectivity index (χ2v) is 11.0. The Morgan fingerprint density at radius 2 is 2.00 bits per heavy atom. The quantitative estimate of drug-likeness (QED) is 0.258. The van der Waals surface area contributed by atoms with Gasteiger partial charge in [-0.25, -0.2) is 4.98 Å². The van der Waals surface area contributed by atoms with Gasteiger partial charge in [-0.1, -0.05) is 58.7 Å². The third kappa shape index (κ3) is 4.35. The number of rotatable bonds is 8. The first-order chi connectivity index (χ1) is 14.4. The Balaban J connectivity index is 1.63. The second kappa shape index (κ2) is 8.83. The molecule has 0 aliphatic heterocycles. The molecule has 8 heteroatoms. The molecular weight excluding hydrogens is 416 g/mol. The summed E-state index contributed by atoms with van der Waals surface area (Å²) in [7, 11) is 0. The van der Waals surface area contributed by atoms with Crippen LogP contribution in [0.2, 0.25) is 0 Å². The maximum Gasteiger partial charge on any atom is 0.263 e. The predicted molar refractivity (Wildman–Crippen MR) is 123 cm³/mol. The lowest BCUT2D eigenvalue weighted by molar-refractivity contribution is 0.378. The predicted octanol–water partition coefficient (Wildman–Crippen LogP) is 5.50. The molecule has 0 fully saturated rings. The van der Waals surface area contributed by atoms with E-state index >= 15 is 0 Å². The van der Waals surface area contributed by atoms with Gasteiger partial charge in [-0.3, -0.25) is 9.36 Å². The molecule has 0 bridgehead atoms. The maximum absolute atomic E-state index is 13.4. The van der Waals surface area contributed by atoms with Gasteiger partial charge in [-0.2, -0.15) is 0 Å². The first-order valence-electron chi connectivity index (χ1n) is 10.9. The van der Waals surface area contributed by atoms with Crippen LogP contribution in [0.1, 0.15) is 82.0 Å². The van der Waals surface area contributed by atoms with Crippen LogP contribution in [0.25, 0.3) is 10.2 Å². The maximum atomic E-state index is 13.4. The first kappa shape index (κ1) is 21.6. The van der Waals surface area contributed by atoms with Gasteiger partial charge in [0.1, 0.15) is 4.83 Å². The number of nitrogens with zero attached hydrogens (tertiary/aromatic N) is 4. The molecule has 0 saturated heterocycles. The minimum absolute atomic E-state index is 0.124. The smallest absolute Gasteiger partial charge is 0.263 e. The van der Waals surface area contributed by atoms with Crippen molar-refractivity contribution in [3.63, 3.8) is 0 Å². The van der Waals surface area contributed by atoms with E-state index in [4.69, 9.17) is 9.40 Å². The average Bonchev–Trinajstić information content (AvgIpc) is 3.40. The molecule has 1 aliphatic carbocycles. The van der Waals surface area contributed by atoms with Crippen LogP contribution in [-0.2, 0) is 30.6 Å². The van der Waals surface area contributed by atoms with Crippen molar-refractivity contribution in [2.24, 2.45) is 0 Å². The molecule has 0 atom stereocenters. The SMILES string of the molecule is CCCCCCn1c(SCc2nnc(C(C)(C)C)o2)nc2sc3c(c2c1=O)CCC3. The largest absolute Gasteiger partial charge is 0.424 e. The molecule has 0 saturated carbocycles. The summed E-state index contributed by atoms with van der Waals surface area (Å²) >= 11 is 3.22. The van der Waals surface area contributed by atoms with Crippen molar-refractivity contribution in [1.82, 2.24) is 19.7 Å². The van der Waals surface area contributed by atoms with Gasteiger partial charge in [0.25, 0.3) is 5.56 Å². The molecule has 3 aromatic heterocycles. The minimum atomic E-state index is -0.175. The summed E-state index contributed by atoms with van der Waals surface area (Å²) in [6, 6.07) is 0. The Hall–Kier alpha value is -1.67. The van der Waals surface area contributed by atoms with Gasteiger partial charge in [-0.15, -0.1) is 21.5 Å². The molecule has 0 aromatic carbocycles. The molecule has 0 unspecified atom stereocenters. The lowest BCUT2D eigenvalue weighted by Crippen LogP contribution is -2.23. The zero-order valence-corrected chi connectivity index (χ0v) is 19.9. The summed E-state index contributed by atoms with van der Waals surface area (Å²) in [5.74, 6) is 1.72. The average molecular weight is 447 g/mol. The van der Waals surface area contributed by atoms with Crippen LogP contribution in [0.4, 0.5) is 0 Å². The Labute approximate surface area is 185 Å². The van der Waals surface area contributed by atoms with Crippen LogP contribution in [0.3, 0.4) is 0 Å². The van der Waals surface area contributed by atoms with Gasteiger partial charge >= 0.3 is 0 Å². The van der Waals surface area contributed by atoms with E-state index in [2.05, 4.69) is 37.9 Å². The van der Waals surface area contributed by atoms with Gasteiger partial charge in [0.05, 0.1) is 11.1 Å². The summed E-state index contributed by atoms with van der Waals surface area (Å²) in [5, 5.41) is 9.99. The van der Waals surface area contributed by atoms with Crippen LogP contribution in [0.15, 0.2) is 14.4 Å². The van der Waals surface area contributed by atoms with Crippen molar-refractivity contribution >= 4 is 33.3 Å². The summed E-state index contributed by atoms with van der Waals surface area (Å²) in [6.45, 7) is 9.07. The molecule has 1 aliphatic rings. The van der Waals surface area contributed by atoms with E-state index in [-0.39, 0.29) is 11.0 Å². The Morgan fingerprint density at radius 3 is 2.73 bits per heavy atom. The number of thiophene rings is 1. The van der Waals surface area contributed by atoms with Crippen molar-refractivity contribution in [3.05, 3.63) is 32.6 Å². The highest BCUT2D eigenvalue weighted by Gasteiger charge is 2.24.